The minimum atomic E-state index is -0.898. The van der Waals surface area contributed by atoms with Crippen molar-refractivity contribution in [2.24, 2.45) is 0 Å². The van der Waals surface area contributed by atoms with E-state index in [4.69, 9.17) is 5.11 Å². The van der Waals surface area contributed by atoms with Crippen LogP contribution in [0.2, 0.25) is 0 Å². The number of hydrogen-bond acceptors (Lipinski definition) is 1. The van der Waals surface area contributed by atoms with Crippen molar-refractivity contribution in [2.45, 2.75) is 129 Å². The van der Waals surface area contributed by atoms with Gasteiger partial charge < -0.3 is 5.11 Å². The maximum atomic E-state index is 14.5. The van der Waals surface area contributed by atoms with E-state index in [1.807, 2.05) is 12.1 Å². The third kappa shape index (κ3) is 11.0. The molecule has 0 radical (unpaired) electrons. The lowest BCUT2D eigenvalue weighted by Crippen LogP contribution is -2.34. The topological polar surface area (TPSA) is 37.3 Å². The van der Waals surface area contributed by atoms with Gasteiger partial charge in [-0.3, -0.25) is 0 Å². The lowest BCUT2D eigenvalue weighted by atomic mass is 9.62. The number of carboxylic acid groups (broad SMARTS) is 1. The Hall–Kier alpha value is -5.87. The molecule has 2 nitrogen and oxygen atoms in total. The molecule has 0 unspecified atom stereocenters. The lowest BCUT2D eigenvalue weighted by Gasteiger charge is -2.42. The molecule has 8 rings (SSSR count). The molecule has 0 bridgehead atoms. The number of hydrogen-bond donors (Lipinski definition) is 1. The van der Waals surface area contributed by atoms with Gasteiger partial charge in [0.25, 0.3) is 0 Å². The highest BCUT2D eigenvalue weighted by Gasteiger charge is 2.39. The molecule has 0 aromatic heterocycles. The zero-order valence-electron chi connectivity index (χ0n) is 40.1. The molecule has 0 atom stereocenters. The van der Waals surface area contributed by atoms with Gasteiger partial charge >= 0.3 is 5.97 Å². The van der Waals surface area contributed by atoms with Crippen LogP contribution in [0.15, 0.2) is 115 Å². The largest absolute Gasteiger partial charge is 0.478 e. The van der Waals surface area contributed by atoms with Gasteiger partial charge in [-0.05, 0) is 153 Å². The molecule has 2 aliphatic carbocycles. The van der Waals surface area contributed by atoms with Gasteiger partial charge in [-0.15, -0.1) is 0 Å². The normalized spacial score (nSPS) is 16.7. The van der Waals surface area contributed by atoms with E-state index in [9.17, 15) is 13.6 Å². The Morgan fingerprint density at radius 2 is 0.892 bits per heavy atom. The van der Waals surface area contributed by atoms with Gasteiger partial charge in [0.15, 0.2) is 0 Å². The van der Waals surface area contributed by atoms with Crippen molar-refractivity contribution in [3.05, 3.63) is 210 Å². The maximum Gasteiger partial charge on any atom is 0.335 e. The summed E-state index contributed by atoms with van der Waals surface area (Å²) in [5.41, 5.74) is 17.7. The van der Waals surface area contributed by atoms with Crippen LogP contribution in [0.3, 0.4) is 0 Å². The van der Waals surface area contributed by atoms with Crippen LogP contribution in [0.1, 0.15) is 169 Å². The molecule has 0 saturated heterocycles. The highest BCUT2D eigenvalue weighted by Crippen LogP contribution is 2.48. The molecule has 6 aromatic carbocycles. The summed E-state index contributed by atoms with van der Waals surface area (Å²) in [6.45, 7) is 22.9. The van der Waals surface area contributed by atoms with Crippen LogP contribution < -0.4 is 0 Å². The molecule has 0 amide bonds. The molecule has 1 N–H and O–H groups in total. The monoisotopic (exact) mass is 869 g/mol. The summed E-state index contributed by atoms with van der Waals surface area (Å²) in [4.78, 5) is 11.2. The Labute approximate surface area is 387 Å². The molecule has 2 aliphatic rings. The SMILES string of the molecule is Cc1ccc(/C=C/c2cc3c(cc2Cc2ccc(F)cc2F)C(C)(C)CCC3(C)C)cc1.Cc1ccc(Cc2cc3c(cc2/C=C/c2ccc(C(=O)O)cc2)C(C)(C)CCC3(C)C)cc1. The summed E-state index contributed by atoms with van der Waals surface area (Å²) in [6.07, 6.45) is 14.5. The summed E-state index contributed by atoms with van der Waals surface area (Å²) >= 11 is 0. The first-order valence-corrected chi connectivity index (χ1v) is 23.2. The van der Waals surface area contributed by atoms with Crippen LogP contribution in [-0.4, -0.2) is 11.1 Å². The predicted molar refractivity (Wildman–Crippen MR) is 269 cm³/mol. The fraction of sp³-hybridized carbons (Fsp3) is 0.328. The fourth-order valence-electron chi connectivity index (χ4n) is 9.55. The second kappa shape index (κ2) is 18.6. The van der Waals surface area contributed by atoms with Crippen molar-refractivity contribution >= 4 is 30.3 Å². The summed E-state index contributed by atoms with van der Waals surface area (Å²) in [7, 11) is 0. The van der Waals surface area contributed by atoms with E-state index in [-0.39, 0.29) is 21.7 Å². The number of rotatable bonds is 9. The van der Waals surface area contributed by atoms with Crippen LogP contribution in [0.5, 0.6) is 0 Å². The van der Waals surface area contributed by atoms with E-state index in [0.29, 0.717) is 17.5 Å². The molecule has 65 heavy (non-hydrogen) atoms. The number of halogens is 2. The van der Waals surface area contributed by atoms with Crippen LogP contribution in [0.4, 0.5) is 8.78 Å². The molecule has 0 heterocycles. The Bertz CT molecular complexity index is 2740. The van der Waals surface area contributed by atoms with E-state index >= 15 is 0 Å². The van der Waals surface area contributed by atoms with Crippen LogP contribution in [-0.2, 0) is 34.5 Å². The average Bonchev–Trinajstić information content (AvgIpc) is 3.25. The second-order valence-electron chi connectivity index (χ2n) is 21.3. The molecule has 0 fully saturated rings. The summed E-state index contributed by atoms with van der Waals surface area (Å²) < 4.78 is 28.0. The Morgan fingerprint density at radius 3 is 1.32 bits per heavy atom. The highest BCUT2D eigenvalue weighted by atomic mass is 19.1. The van der Waals surface area contributed by atoms with E-state index in [0.717, 1.165) is 47.6 Å². The maximum absolute atomic E-state index is 14.5. The molecule has 4 heteroatoms. The number of benzene rings is 6. The molecule has 336 valence electrons. The second-order valence-corrected chi connectivity index (χ2v) is 21.3. The molecule has 0 spiro atoms. The van der Waals surface area contributed by atoms with E-state index in [1.54, 1.807) is 18.2 Å². The Balaban J connectivity index is 0.000000194. The molecule has 0 saturated carbocycles. The van der Waals surface area contributed by atoms with E-state index in [1.165, 1.54) is 69.0 Å². The smallest absolute Gasteiger partial charge is 0.335 e. The molecular formula is C61H66F2O2. The van der Waals surface area contributed by atoms with Crippen LogP contribution in [0, 0.1) is 25.5 Å². The van der Waals surface area contributed by atoms with E-state index in [2.05, 4.69) is 166 Å². The number of carboxylic acids is 1. The Kier molecular flexibility index (Phi) is 13.4. The summed E-state index contributed by atoms with van der Waals surface area (Å²) in [5, 5.41) is 9.16. The zero-order chi connectivity index (χ0) is 46.9. The van der Waals surface area contributed by atoms with Crippen molar-refractivity contribution in [1.82, 2.24) is 0 Å². The summed E-state index contributed by atoms with van der Waals surface area (Å²) in [5.74, 6) is -1.93. The molecular weight excluding hydrogens is 803 g/mol. The van der Waals surface area contributed by atoms with Crippen molar-refractivity contribution in [3.8, 4) is 0 Å². The van der Waals surface area contributed by atoms with Gasteiger partial charge in [0.2, 0.25) is 0 Å². The highest BCUT2D eigenvalue weighted by molar-refractivity contribution is 5.88. The van der Waals surface area contributed by atoms with Crippen molar-refractivity contribution < 1.29 is 18.7 Å². The Morgan fingerprint density at radius 1 is 0.492 bits per heavy atom. The zero-order valence-corrected chi connectivity index (χ0v) is 40.1. The van der Waals surface area contributed by atoms with E-state index < -0.39 is 17.6 Å². The third-order valence-corrected chi connectivity index (χ3v) is 14.3. The standard InChI is InChI=1S/C31H34O2.C30H32F2/c1-21-6-8-23(9-7-21)18-26-20-28-27(30(2,3)16-17-31(28,4)5)19-25(26)15-12-22-10-13-24(14-11-22)29(32)33;1-20-6-8-21(9-7-20)10-11-22-17-26-27(30(4,5)15-14-29(26,2)3)18-24(22)16-23-12-13-25(31)19-28(23)32/h6-15,19-20H,16-18H2,1-5H3,(H,32,33);6-13,17-19H,14-16H2,1-5H3/b15-12+;11-10+. The van der Waals surface area contributed by atoms with Gasteiger partial charge in [-0.1, -0.05) is 182 Å². The van der Waals surface area contributed by atoms with Crippen LogP contribution in [0.25, 0.3) is 24.3 Å². The lowest BCUT2D eigenvalue weighted by molar-refractivity contribution is 0.0697. The van der Waals surface area contributed by atoms with Gasteiger partial charge in [0, 0.05) is 12.5 Å². The van der Waals surface area contributed by atoms with Crippen molar-refractivity contribution in [1.29, 1.82) is 0 Å². The van der Waals surface area contributed by atoms with Gasteiger partial charge in [0.05, 0.1) is 5.56 Å². The van der Waals surface area contributed by atoms with Gasteiger partial charge in [-0.2, -0.15) is 0 Å². The number of fused-ring (bicyclic) bond motifs is 2. The van der Waals surface area contributed by atoms with Gasteiger partial charge in [0.1, 0.15) is 11.6 Å². The van der Waals surface area contributed by atoms with Crippen molar-refractivity contribution in [3.63, 3.8) is 0 Å². The molecule has 0 aliphatic heterocycles. The third-order valence-electron chi connectivity index (χ3n) is 14.3. The minimum Gasteiger partial charge on any atom is -0.478 e. The quantitative estimate of drug-likeness (QED) is 0.147. The first kappa shape index (κ1) is 47.1. The average molecular weight is 869 g/mol. The number of aromatic carboxylic acids is 1. The van der Waals surface area contributed by atoms with Gasteiger partial charge in [-0.25, -0.2) is 13.6 Å². The van der Waals surface area contributed by atoms with Crippen LogP contribution >= 0.6 is 0 Å². The van der Waals surface area contributed by atoms with Crippen molar-refractivity contribution in [2.75, 3.05) is 0 Å². The first-order chi connectivity index (χ1) is 30.6. The first-order valence-electron chi connectivity index (χ1n) is 23.2. The number of aryl methyl sites for hydroxylation is 2. The predicted octanol–water partition coefficient (Wildman–Crippen LogP) is 16.2. The summed E-state index contributed by atoms with van der Waals surface area (Å²) in [6, 6.07) is 37.6. The molecule has 6 aromatic rings. The fourth-order valence-corrected chi connectivity index (χ4v) is 9.55. The number of carbonyl (C=O) groups is 1. The minimum absolute atomic E-state index is 0.0696.